The van der Waals surface area contributed by atoms with Crippen LogP contribution in [0.5, 0.6) is 0 Å². The van der Waals surface area contributed by atoms with Crippen LogP contribution in [0.3, 0.4) is 0 Å². The fourth-order valence-electron chi connectivity index (χ4n) is 10.6. The van der Waals surface area contributed by atoms with E-state index in [0.29, 0.717) is 6.42 Å². The lowest BCUT2D eigenvalue weighted by Crippen LogP contribution is -2.66. The van der Waals surface area contributed by atoms with Gasteiger partial charge in [0.25, 0.3) is 0 Å². The topological polar surface area (TPSA) is 307 Å². The van der Waals surface area contributed by atoms with Gasteiger partial charge in [0.2, 0.25) is 5.91 Å². The Morgan fingerprint density at radius 3 is 1.28 bits per heavy atom. The lowest BCUT2D eigenvalue weighted by molar-refractivity contribution is -0.379. The summed E-state index contributed by atoms with van der Waals surface area (Å²) in [5.41, 5.74) is 0. The van der Waals surface area contributed by atoms with E-state index in [1.807, 2.05) is 6.08 Å². The lowest BCUT2D eigenvalue weighted by atomic mass is 9.96. The van der Waals surface area contributed by atoms with Crippen LogP contribution in [0.15, 0.2) is 48.6 Å². The van der Waals surface area contributed by atoms with Gasteiger partial charge in [-0.2, -0.15) is 0 Å². The van der Waals surface area contributed by atoms with Gasteiger partial charge in [0.15, 0.2) is 18.9 Å². The van der Waals surface area contributed by atoms with E-state index < -0.39 is 124 Å². The Morgan fingerprint density at radius 2 is 0.805 bits per heavy atom. The van der Waals surface area contributed by atoms with Gasteiger partial charge in [0.1, 0.15) is 73.2 Å². The van der Waals surface area contributed by atoms with E-state index >= 15 is 0 Å². The molecular weight excluding hydrogens is 1060 g/mol. The van der Waals surface area contributed by atoms with Crippen molar-refractivity contribution in [3.8, 4) is 0 Å². The van der Waals surface area contributed by atoms with Crippen molar-refractivity contribution in [2.24, 2.45) is 0 Å². The first-order valence-electron chi connectivity index (χ1n) is 31.9. The number of unbranched alkanes of at least 4 members (excludes halogenated alkanes) is 25. The molecule has 0 bridgehead atoms. The van der Waals surface area contributed by atoms with E-state index in [4.69, 9.17) is 28.4 Å². The van der Waals surface area contributed by atoms with E-state index in [0.717, 1.165) is 83.5 Å². The summed E-state index contributed by atoms with van der Waals surface area (Å²) in [4.78, 5) is 13.4. The Hall–Kier alpha value is -2.25. The third-order valence-corrected chi connectivity index (χ3v) is 15.9. The summed E-state index contributed by atoms with van der Waals surface area (Å²) >= 11 is 0. The average Bonchev–Trinajstić information content (AvgIpc) is 3.39. The summed E-state index contributed by atoms with van der Waals surface area (Å²) in [5, 5.41) is 120. The van der Waals surface area contributed by atoms with Crippen LogP contribution in [0, 0.1) is 0 Å². The SMILES string of the molecule is CCCCC/C=C\C/C=C\C/C=C\CCCCCCCCC(=O)NC(COC1OC(CO)C(OC2OC(CO)C(OC3OC(CO)C(O)C(O)C3O)C(O)C2O)C(O)C1O)C(O)/C=C/CCCCCCCCCCCCCCCCCC. The molecule has 17 unspecified atom stereocenters. The van der Waals surface area contributed by atoms with Crippen LogP contribution in [0.2, 0.25) is 0 Å². The molecule has 3 heterocycles. The number of hydrogen-bond acceptors (Lipinski definition) is 18. The molecule has 1 amide bonds. The largest absolute Gasteiger partial charge is 0.394 e. The molecule has 19 heteroatoms. The Kier molecular flexibility index (Phi) is 41.5. The fraction of sp³-hybridized carbons (Fsp3) is 0.857. The van der Waals surface area contributed by atoms with Gasteiger partial charge < -0.3 is 89.9 Å². The van der Waals surface area contributed by atoms with Crippen molar-refractivity contribution in [3.05, 3.63) is 48.6 Å². The summed E-state index contributed by atoms with van der Waals surface area (Å²) in [6, 6.07) is -0.981. The van der Waals surface area contributed by atoms with Gasteiger partial charge in [-0.25, -0.2) is 0 Å². The molecule has 3 saturated heterocycles. The van der Waals surface area contributed by atoms with E-state index in [2.05, 4.69) is 55.6 Å². The smallest absolute Gasteiger partial charge is 0.220 e. The maximum Gasteiger partial charge on any atom is 0.220 e. The highest BCUT2D eigenvalue weighted by Gasteiger charge is 2.53. The number of allylic oxidation sites excluding steroid dienone is 7. The maximum atomic E-state index is 13.4. The first kappa shape index (κ1) is 74.0. The van der Waals surface area contributed by atoms with Gasteiger partial charge >= 0.3 is 0 Å². The molecule has 0 spiro atoms. The summed E-state index contributed by atoms with van der Waals surface area (Å²) in [6.45, 7) is 1.69. The second kappa shape index (κ2) is 46.0. The van der Waals surface area contributed by atoms with Gasteiger partial charge in [-0.3, -0.25) is 4.79 Å². The van der Waals surface area contributed by atoms with Crippen molar-refractivity contribution in [1.82, 2.24) is 5.32 Å². The number of amides is 1. The molecule has 3 rings (SSSR count). The fourth-order valence-corrected chi connectivity index (χ4v) is 10.6. The minimum atomic E-state index is -1.98. The summed E-state index contributed by atoms with van der Waals surface area (Å²) in [5.74, 6) is -0.289. The Bertz CT molecular complexity index is 1680. The highest BCUT2D eigenvalue weighted by Crippen LogP contribution is 2.33. The molecule has 478 valence electrons. The van der Waals surface area contributed by atoms with Crippen LogP contribution in [0.4, 0.5) is 0 Å². The highest BCUT2D eigenvalue weighted by molar-refractivity contribution is 5.76. The molecule has 17 atom stereocenters. The molecule has 0 radical (unpaired) electrons. The monoisotopic (exact) mass is 1170 g/mol. The molecule has 3 aliphatic heterocycles. The van der Waals surface area contributed by atoms with Gasteiger partial charge in [-0.1, -0.05) is 197 Å². The average molecular weight is 1170 g/mol. The predicted octanol–water partition coefficient (Wildman–Crippen LogP) is 6.65. The molecule has 12 N–H and O–H groups in total. The Labute approximate surface area is 491 Å². The zero-order valence-electron chi connectivity index (χ0n) is 50.0. The molecule has 82 heavy (non-hydrogen) atoms. The molecule has 3 aliphatic rings. The van der Waals surface area contributed by atoms with E-state index in [1.54, 1.807) is 6.08 Å². The molecule has 0 aromatic heterocycles. The molecular formula is C63H113NO18. The number of carbonyl (C=O) groups excluding carboxylic acids is 1. The minimum Gasteiger partial charge on any atom is -0.394 e. The van der Waals surface area contributed by atoms with Crippen LogP contribution in [-0.2, 0) is 33.2 Å². The first-order chi connectivity index (χ1) is 39.8. The number of carbonyl (C=O) groups is 1. The standard InChI is InChI=1S/C63H113NO18/c1-3-5-7-9-11-13-15-17-19-21-23-25-27-29-31-33-35-37-39-41-51(69)64-46(47(68)40-38-36-34-32-30-28-26-24-22-20-18-16-14-12-10-8-6-4-2)45-77-61-57(75)54(72)59(49(43-66)79-61)82-63-58(76)55(73)60(50(44-67)80-63)81-62-56(74)53(71)52(70)48(42-65)78-62/h11,13,17,19,23,25,38,40,46-50,52-63,65-68,70-76H,3-10,12,14-16,18,20-22,24,26-37,39,41-45H2,1-2H3,(H,64,69)/b13-11-,19-17-,25-23-,40-38+. The number of ether oxygens (including phenoxy) is 6. The number of aliphatic hydroxyl groups excluding tert-OH is 11. The van der Waals surface area contributed by atoms with Crippen LogP contribution in [0.25, 0.3) is 0 Å². The van der Waals surface area contributed by atoms with Crippen LogP contribution >= 0.6 is 0 Å². The van der Waals surface area contributed by atoms with E-state index in [1.165, 1.54) is 103 Å². The number of hydrogen-bond donors (Lipinski definition) is 12. The van der Waals surface area contributed by atoms with Gasteiger partial charge in [0, 0.05) is 6.42 Å². The van der Waals surface area contributed by atoms with Gasteiger partial charge in [-0.15, -0.1) is 0 Å². The van der Waals surface area contributed by atoms with Gasteiger partial charge in [0.05, 0.1) is 38.6 Å². The highest BCUT2D eigenvalue weighted by atomic mass is 16.8. The molecule has 19 nitrogen and oxygen atoms in total. The molecule has 3 fully saturated rings. The predicted molar refractivity (Wildman–Crippen MR) is 314 cm³/mol. The third-order valence-electron chi connectivity index (χ3n) is 15.9. The lowest BCUT2D eigenvalue weighted by Gasteiger charge is -2.48. The quantitative estimate of drug-likeness (QED) is 0.0224. The maximum absolute atomic E-state index is 13.4. The van der Waals surface area contributed by atoms with Crippen molar-refractivity contribution in [2.45, 2.75) is 317 Å². The first-order valence-corrected chi connectivity index (χ1v) is 31.9. The van der Waals surface area contributed by atoms with Crippen molar-refractivity contribution in [2.75, 3.05) is 26.4 Å². The van der Waals surface area contributed by atoms with Crippen LogP contribution in [0.1, 0.15) is 213 Å². The van der Waals surface area contributed by atoms with E-state index in [-0.39, 0.29) is 18.9 Å². The normalized spacial score (nSPS) is 29.9. The second-order valence-corrected chi connectivity index (χ2v) is 22.9. The summed E-state index contributed by atoms with van der Waals surface area (Å²) in [6.07, 6.45) is 25.0. The number of nitrogens with one attached hydrogen (secondary N) is 1. The van der Waals surface area contributed by atoms with Crippen molar-refractivity contribution in [1.29, 1.82) is 0 Å². The molecule has 0 aliphatic carbocycles. The van der Waals surface area contributed by atoms with E-state index in [9.17, 15) is 61.0 Å². The third kappa shape index (κ3) is 29.0. The molecule has 0 aromatic carbocycles. The minimum absolute atomic E-state index is 0.228. The van der Waals surface area contributed by atoms with Gasteiger partial charge in [-0.05, 0) is 57.8 Å². The number of aliphatic hydroxyl groups is 11. The summed E-state index contributed by atoms with van der Waals surface area (Å²) in [7, 11) is 0. The second-order valence-electron chi connectivity index (χ2n) is 22.9. The molecule has 0 aromatic rings. The van der Waals surface area contributed by atoms with Crippen molar-refractivity contribution < 1.29 is 89.4 Å². The summed E-state index contributed by atoms with van der Waals surface area (Å²) < 4.78 is 34.3. The van der Waals surface area contributed by atoms with Crippen molar-refractivity contribution >= 4 is 5.91 Å². The zero-order chi connectivity index (χ0) is 59.7. The Balaban J connectivity index is 1.50. The Morgan fingerprint density at radius 1 is 0.439 bits per heavy atom. The van der Waals surface area contributed by atoms with Crippen molar-refractivity contribution in [3.63, 3.8) is 0 Å². The van der Waals surface area contributed by atoms with Crippen LogP contribution in [-0.4, -0.2) is 193 Å². The zero-order valence-corrected chi connectivity index (χ0v) is 50.0. The van der Waals surface area contributed by atoms with Crippen LogP contribution < -0.4 is 5.32 Å². The number of rotatable bonds is 47. The molecule has 0 saturated carbocycles.